The third-order valence-electron chi connectivity index (χ3n) is 5.50. The molecule has 0 aliphatic carbocycles. The minimum atomic E-state index is -0.718. The first-order valence-electron chi connectivity index (χ1n) is 10.6. The van der Waals surface area contributed by atoms with E-state index in [-0.39, 0.29) is 34.7 Å². The Kier molecular flexibility index (Phi) is 6.10. The van der Waals surface area contributed by atoms with Gasteiger partial charge in [0.2, 0.25) is 0 Å². The van der Waals surface area contributed by atoms with Crippen LogP contribution in [0.2, 0.25) is 0 Å². The van der Waals surface area contributed by atoms with E-state index >= 15 is 0 Å². The van der Waals surface area contributed by atoms with Crippen LogP contribution in [0.3, 0.4) is 0 Å². The zero-order valence-corrected chi connectivity index (χ0v) is 18.3. The third kappa shape index (κ3) is 4.29. The second-order valence-corrected chi connectivity index (χ2v) is 8.07. The molecule has 2 atom stereocenters. The highest BCUT2D eigenvalue weighted by Gasteiger charge is 2.27. The monoisotopic (exact) mass is 435 g/mol. The Morgan fingerprint density at radius 3 is 2.41 bits per heavy atom. The number of amides is 1. The molecular formula is C25H25NO6. The van der Waals surface area contributed by atoms with Gasteiger partial charge in [0.25, 0.3) is 5.91 Å². The molecule has 166 valence electrons. The van der Waals surface area contributed by atoms with Crippen molar-refractivity contribution >= 4 is 22.8 Å². The van der Waals surface area contributed by atoms with Crippen LogP contribution in [0.1, 0.15) is 29.8 Å². The number of nitrogens with zero attached hydrogens (tertiary/aromatic N) is 1. The Morgan fingerprint density at radius 2 is 1.72 bits per heavy atom. The molecule has 32 heavy (non-hydrogen) atoms. The van der Waals surface area contributed by atoms with Gasteiger partial charge in [0.05, 0.1) is 17.6 Å². The van der Waals surface area contributed by atoms with E-state index in [4.69, 9.17) is 13.9 Å². The van der Waals surface area contributed by atoms with Crippen molar-refractivity contribution in [3.05, 3.63) is 69.9 Å². The number of rotatable bonds is 4. The summed E-state index contributed by atoms with van der Waals surface area (Å²) in [7, 11) is 0. The normalized spacial score (nSPS) is 18.5. The molecule has 4 rings (SSSR count). The maximum Gasteiger partial charge on any atom is 0.342 e. The van der Waals surface area contributed by atoms with E-state index in [1.807, 2.05) is 44.2 Å². The molecule has 1 aliphatic rings. The highest BCUT2D eigenvalue weighted by atomic mass is 16.5. The predicted molar refractivity (Wildman–Crippen MR) is 120 cm³/mol. The lowest BCUT2D eigenvalue weighted by atomic mass is 10.0. The molecule has 1 aliphatic heterocycles. The fourth-order valence-corrected chi connectivity index (χ4v) is 4.01. The summed E-state index contributed by atoms with van der Waals surface area (Å²) in [5, 5.41) is 0.291. The van der Waals surface area contributed by atoms with Gasteiger partial charge in [-0.3, -0.25) is 9.59 Å². The predicted octanol–water partition coefficient (Wildman–Crippen LogP) is 3.56. The van der Waals surface area contributed by atoms with Crippen LogP contribution in [-0.2, 0) is 14.3 Å². The van der Waals surface area contributed by atoms with Crippen LogP contribution >= 0.6 is 0 Å². The lowest BCUT2D eigenvalue weighted by Crippen LogP contribution is -2.49. The van der Waals surface area contributed by atoms with Gasteiger partial charge in [0.15, 0.2) is 17.6 Å². The Bertz CT molecular complexity index is 1210. The molecule has 1 saturated heterocycles. The van der Waals surface area contributed by atoms with E-state index in [0.717, 1.165) is 5.56 Å². The number of morpholine rings is 1. The van der Waals surface area contributed by atoms with Crippen LogP contribution in [0.4, 0.5) is 0 Å². The molecule has 0 bridgehead atoms. The van der Waals surface area contributed by atoms with Crippen molar-refractivity contribution in [2.75, 3.05) is 19.7 Å². The third-order valence-corrected chi connectivity index (χ3v) is 5.50. The lowest BCUT2D eigenvalue weighted by molar-refractivity contribution is -0.146. The van der Waals surface area contributed by atoms with Crippen molar-refractivity contribution in [1.82, 2.24) is 4.90 Å². The molecule has 7 heteroatoms. The summed E-state index contributed by atoms with van der Waals surface area (Å²) in [5.41, 5.74) is 1.23. The Hall–Kier alpha value is -3.45. The van der Waals surface area contributed by atoms with Gasteiger partial charge in [-0.05, 0) is 32.9 Å². The molecule has 7 nitrogen and oxygen atoms in total. The van der Waals surface area contributed by atoms with Crippen LogP contribution in [0, 0.1) is 6.92 Å². The SMILES string of the molecule is Cc1c(-c2ccccc2)oc2c(C(=O)OCC(=O)N3C[C@H](C)O[C@@H](C)C3)cccc2c1=O. The summed E-state index contributed by atoms with van der Waals surface area (Å²) in [6.07, 6.45) is -0.157. The standard InChI is InChI=1S/C25H25NO6/c1-15-12-26(13-16(2)31-15)21(27)14-30-25(29)20-11-7-10-19-22(28)17(3)23(32-24(19)20)18-8-5-4-6-9-18/h4-11,15-16H,12-14H2,1-3H3/t15-,16-/m0/s1. The minimum Gasteiger partial charge on any atom is -0.455 e. The summed E-state index contributed by atoms with van der Waals surface area (Å²) >= 11 is 0. The van der Waals surface area contributed by atoms with E-state index in [0.29, 0.717) is 29.8 Å². The van der Waals surface area contributed by atoms with Crippen LogP contribution in [0.5, 0.6) is 0 Å². The quantitative estimate of drug-likeness (QED) is 0.583. The lowest BCUT2D eigenvalue weighted by Gasteiger charge is -2.35. The van der Waals surface area contributed by atoms with E-state index in [2.05, 4.69) is 0 Å². The Labute approximate surface area is 185 Å². The Balaban J connectivity index is 1.61. The summed E-state index contributed by atoms with van der Waals surface area (Å²) in [5.74, 6) is -0.608. The molecular weight excluding hydrogens is 410 g/mol. The zero-order valence-electron chi connectivity index (χ0n) is 18.3. The molecule has 0 N–H and O–H groups in total. The number of carbonyl (C=O) groups is 2. The second kappa shape index (κ2) is 8.96. The molecule has 0 unspecified atom stereocenters. The fraction of sp³-hybridized carbons (Fsp3) is 0.320. The van der Waals surface area contributed by atoms with E-state index in [1.54, 1.807) is 24.0 Å². The maximum absolute atomic E-state index is 12.9. The van der Waals surface area contributed by atoms with Gasteiger partial charge in [-0.25, -0.2) is 4.79 Å². The van der Waals surface area contributed by atoms with Gasteiger partial charge < -0.3 is 18.8 Å². The van der Waals surface area contributed by atoms with Crippen LogP contribution < -0.4 is 5.43 Å². The first kappa shape index (κ1) is 21.8. The van der Waals surface area contributed by atoms with E-state index < -0.39 is 12.6 Å². The molecule has 2 heterocycles. The number of benzene rings is 2. The van der Waals surface area contributed by atoms with Gasteiger partial charge in [0.1, 0.15) is 11.3 Å². The number of carbonyl (C=O) groups excluding carboxylic acids is 2. The minimum absolute atomic E-state index is 0.0783. The molecule has 0 spiro atoms. The zero-order chi connectivity index (χ0) is 22.8. The topological polar surface area (TPSA) is 86.1 Å². The first-order chi connectivity index (χ1) is 15.3. The number of esters is 1. The van der Waals surface area contributed by atoms with Gasteiger partial charge >= 0.3 is 5.97 Å². The largest absolute Gasteiger partial charge is 0.455 e. The highest BCUT2D eigenvalue weighted by Crippen LogP contribution is 2.27. The average Bonchev–Trinajstić information content (AvgIpc) is 2.79. The van der Waals surface area contributed by atoms with Crippen LogP contribution in [0.15, 0.2) is 57.7 Å². The summed E-state index contributed by atoms with van der Waals surface area (Å²) in [6.45, 7) is 5.99. The van der Waals surface area contributed by atoms with Crippen molar-refractivity contribution in [2.45, 2.75) is 33.0 Å². The number of ether oxygens (including phenoxy) is 2. The number of hydrogen-bond donors (Lipinski definition) is 0. The van der Waals surface area contributed by atoms with Gasteiger partial charge in [0, 0.05) is 24.2 Å². The molecule has 2 aromatic carbocycles. The molecule has 3 aromatic rings. The number of para-hydroxylation sites is 1. The molecule has 0 radical (unpaired) electrons. The van der Waals surface area contributed by atoms with Gasteiger partial charge in [-0.1, -0.05) is 36.4 Å². The van der Waals surface area contributed by atoms with Crippen molar-refractivity contribution < 1.29 is 23.5 Å². The number of fused-ring (bicyclic) bond motifs is 1. The Morgan fingerprint density at radius 1 is 1.03 bits per heavy atom. The maximum atomic E-state index is 12.9. The van der Waals surface area contributed by atoms with E-state index in [1.165, 1.54) is 6.07 Å². The fourth-order valence-electron chi connectivity index (χ4n) is 4.01. The highest BCUT2D eigenvalue weighted by molar-refractivity contribution is 6.02. The van der Waals surface area contributed by atoms with Gasteiger partial charge in [-0.2, -0.15) is 0 Å². The van der Waals surface area contributed by atoms with Crippen molar-refractivity contribution in [1.29, 1.82) is 0 Å². The molecule has 1 amide bonds. The van der Waals surface area contributed by atoms with E-state index in [9.17, 15) is 14.4 Å². The van der Waals surface area contributed by atoms with Crippen molar-refractivity contribution in [3.63, 3.8) is 0 Å². The molecule has 0 saturated carbocycles. The number of hydrogen-bond acceptors (Lipinski definition) is 6. The first-order valence-corrected chi connectivity index (χ1v) is 10.6. The molecule has 1 aromatic heterocycles. The second-order valence-electron chi connectivity index (χ2n) is 8.07. The van der Waals surface area contributed by atoms with Crippen LogP contribution in [-0.4, -0.2) is 48.7 Å². The average molecular weight is 435 g/mol. The van der Waals surface area contributed by atoms with Crippen molar-refractivity contribution in [2.24, 2.45) is 0 Å². The molecule has 1 fully saturated rings. The smallest absolute Gasteiger partial charge is 0.342 e. The van der Waals surface area contributed by atoms with Crippen LogP contribution in [0.25, 0.3) is 22.3 Å². The summed E-state index contributed by atoms with van der Waals surface area (Å²) < 4.78 is 17.0. The summed E-state index contributed by atoms with van der Waals surface area (Å²) in [6, 6.07) is 14.0. The van der Waals surface area contributed by atoms with Crippen molar-refractivity contribution in [3.8, 4) is 11.3 Å². The van der Waals surface area contributed by atoms with Gasteiger partial charge in [-0.15, -0.1) is 0 Å². The summed E-state index contributed by atoms with van der Waals surface area (Å²) in [4.78, 5) is 40.0.